The Labute approximate surface area is 205 Å². The predicted molar refractivity (Wildman–Crippen MR) is 142 cm³/mol. The Kier molecular flexibility index (Phi) is 6.35. The number of aliphatic hydroxyl groups excluding tert-OH is 1. The average Bonchev–Trinajstić information content (AvgIpc) is 2.88. The molecule has 6 rings (SSSR count). The molecule has 0 spiro atoms. The molecule has 0 saturated heterocycles. The standard InChI is InChI=1S/C30H24O.C2H4O2/c31-19-30-26-15-7-5-13-24(26)29(25-14-6-8-16-27(25)30)18-28-22-11-3-1-9-20(22)17-21-10-2-4-12-23(21)28;1-2(3)4/h1-17,29-31H,18-19H2;1H3,(H,3,4). The summed E-state index contributed by atoms with van der Waals surface area (Å²) >= 11 is 0. The fourth-order valence-corrected chi connectivity index (χ4v) is 5.57. The summed E-state index contributed by atoms with van der Waals surface area (Å²) in [5.74, 6) is -0.516. The number of hydrogen-bond donors (Lipinski definition) is 2. The number of hydrogen-bond acceptors (Lipinski definition) is 2. The van der Waals surface area contributed by atoms with Gasteiger partial charge in [-0.15, -0.1) is 0 Å². The van der Waals surface area contributed by atoms with Crippen LogP contribution in [0.3, 0.4) is 0 Å². The van der Waals surface area contributed by atoms with Crippen molar-refractivity contribution in [2.75, 3.05) is 6.61 Å². The maximum absolute atomic E-state index is 10.2. The first-order valence-corrected chi connectivity index (χ1v) is 12.0. The number of carboxylic acid groups (broad SMARTS) is 1. The van der Waals surface area contributed by atoms with E-state index in [1.807, 2.05) is 0 Å². The quantitative estimate of drug-likeness (QED) is 0.288. The van der Waals surface area contributed by atoms with Gasteiger partial charge in [-0.25, -0.2) is 0 Å². The fourth-order valence-electron chi connectivity index (χ4n) is 5.57. The van der Waals surface area contributed by atoms with E-state index in [1.54, 1.807) is 0 Å². The van der Waals surface area contributed by atoms with Gasteiger partial charge in [0.2, 0.25) is 0 Å². The van der Waals surface area contributed by atoms with Crippen LogP contribution in [0.2, 0.25) is 0 Å². The van der Waals surface area contributed by atoms with E-state index in [-0.39, 0.29) is 18.4 Å². The molecule has 3 nitrogen and oxygen atoms in total. The van der Waals surface area contributed by atoms with Gasteiger partial charge in [-0.3, -0.25) is 4.79 Å². The lowest BCUT2D eigenvalue weighted by atomic mass is 9.70. The Bertz CT molecular complexity index is 1410. The topological polar surface area (TPSA) is 57.5 Å². The maximum Gasteiger partial charge on any atom is 0.300 e. The maximum atomic E-state index is 10.2. The number of carbonyl (C=O) groups is 1. The molecule has 0 atom stereocenters. The molecular weight excluding hydrogens is 432 g/mol. The van der Waals surface area contributed by atoms with Gasteiger partial charge in [-0.05, 0) is 61.8 Å². The Morgan fingerprint density at radius 2 is 1.03 bits per heavy atom. The molecule has 174 valence electrons. The van der Waals surface area contributed by atoms with Gasteiger partial charge in [0.15, 0.2) is 0 Å². The molecule has 0 aliphatic heterocycles. The predicted octanol–water partition coefficient (Wildman–Crippen LogP) is 6.90. The van der Waals surface area contributed by atoms with Crippen molar-refractivity contribution in [1.82, 2.24) is 0 Å². The third-order valence-electron chi connectivity index (χ3n) is 6.97. The van der Waals surface area contributed by atoms with E-state index in [4.69, 9.17) is 9.90 Å². The molecule has 1 aliphatic rings. The van der Waals surface area contributed by atoms with Crippen LogP contribution in [0, 0.1) is 0 Å². The largest absolute Gasteiger partial charge is 0.481 e. The summed E-state index contributed by atoms with van der Waals surface area (Å²) in [5, 5.41) is 22.9. The summed E-state index contributed by atoms with van der Waals surface area (Å²) in [7, 11) is 0. The highest BCUT2D eigenvalue weighted by molar-refractivity contribution is 6.02. The third kappa shape index (κ3) is 4.31. The second kappa shape index (κ2) is 9.73. The average molecular weight is 461 g/mol. The summed E-state index contributed by atoms with van der Waals surface area (Å²) in [6, 6.07) is 37.2. The smallest absolute Gasteiger partial charge is 0.300 e. The van der Waals surface area contributed by atoms with E-state index >= 15 is 0 Å². The van der Waals surface area contributed by atoms with Crippen molar-refractivity contribution >= 4 is 27.5 Å². The lowest BCUT2D eigenvalue weighted by Crippen LogP contribution is -2.21. The highest BCUT2D eigenvalue weighted by atomic mass is 16.4. The van der Waals surface area contributed by atoms with Crippen LogP contribution >= 0.6 is 0 Å². The van der Waals surface area contributed by atoms with Crippen LogP contribution in [-0.4, -0.2) is 22.8 Å². The Hall–Kier alpha value is -3.95. The van der Waals surface area contributed by atoms with Crippen molar-refractivity contribution in [1.29, 1.82) is 0 Å². The van der Waals surface area contributed by atoms with E-state index in [9.17, 15) is 5.11 Å². The molecule has 2 N–H and O–H groups in total. The van der Waals surface area contributed by atoms with Crippen LogP contribution in [0.15, 0.2) is 103 Å². The van der Waals surface area contributed by atoms with Crippen molar-refractivity contribution < 1.29 is 15.0 Å². The summed E-state index contributed by atoms with van der Waals surface area (Å²) in [5.41, 5.74) is 6.62. The van der Waals surface area contributed by atoms with Gasteiger partial charge in [0.25, 0.3) is 5.97 Å². The Balaban J connectivity index is 0.000000591. The molecule has 0 saturated carbocycles. The van der Waals surface area contributed by atoms with Gasteiger partial charge >= 0.3 is 0 Å². The zero-order chi connectivity index (χ0) is 24.4. The van der Waals surface area contributed by atoms with Crippen LogP contribution in [0.25, 0.3) is 21.5 Å². The van der Waals surface area contributed by atoms with Gasteiger partial charge in [0.05, 0.1) is 6.61 Å². The van der Waals surface area contributed by atoms with Gasteiger partial charge in [0, 0.05) is 18.8 Å². The van der Waals surface area contributed by atoms with E-state index in [1.165, 1.54) is 49.4 Å². The molecule has 0 aromatic heterocycles. The van der Waals surface area contributed by atoms with Crippen molar-refractivity contribution in [2.45, 2.75) is 25.2 Å². The fraction of sp³-hybridized carbons (Fsp3) is 0.156. The first-order chi connectivity index (χ1) is 17.1. The zero-order valence-electron chi connectivity index (χ0n) is 19.7. The molecular formula is C32H28O3. The molecule has 0 heterocycles. The zero-order valence-corrected chi connectivity index (χ0v) is 19.7. The third-order valence-corrected chi connectivity index (χ3v) is 6.97. The van der Waals surface area contributed by atoms with Gasteiger partial charge in [-0.2, -0.15) is 0 Å². The minimum Gasteiger partial charge on any atom is -0.481 e. The highest BCUT2D eigenvalue weighted by Crippen LogP contribution is 2.45. The monoisotopic (exact) mass is 460 g/mol. The number of rotatable bonds is 3. The summed E-state index contributed by atoms with van der Waals surface area (Å²) < 4.78 is 0. The van der Waals surface area contributed by atoms with Gasteiger partial charge in [0.1, 0.15) is 0 Å². The summed E-state index contributed by atoms with van der Waals surface area (Å²) in [6.45, 7) is 1.22. The van der Waals surface area contributed by atoms with Crippen LogP contribution in [0.1, 0.15) is 46.6 Å². The first-order valence-electron chi connectivity index (χ1n) is 12.0. The molecule has 3 heteroatoms. The van der Waals surface area contributed by atoms with Gasteiger partial charge < -0.3 is 10.2 Å². The first kappa shape index (κ1) is 22.8. The van der Waals surface area contributed by atoms with Crippen LogP contribution in [0.4, 0.5) is 0 Å². The number of carboxylic acids is 1. The minimum atomic E-state index is -0.833. The SMILES string of the molecule is CC(=O)O.OCC1c2ccccc2C(Cc2c3ccccc3cc3ccccc23)c2ccccc21. The molecule has 5 aromatic carbocycles. The van der Waals surface area contributed by atoms with Crippen molar-refractivity contribution in [3.63, 3.8) is 0 Å². The lowest BCUT2D eigenvalue weighted by Gasteiger charge is -2.34. The Morgan fingerprint density at radius 1 is 0.657 bits per heavy atom. The van der Waals surface area contributed by atoms with Crippen molar-refractivity contribution in [2.24, 2.45) is 0 Å². The van der Waals surface area contributed by atoms with Crippen molar-refractivity contribution in [3.05, 3.63) is 131 Å². The lowest BCUT2D eigenvalue weighted by molar-refractivity contribution is -0.134. The Morgan fingerprint density at radius 3 is 1.46 bits per heavy atom. The molecule has 35 heavy (non-hydrogen) atoms. The van der Waals surface area contributed by atoms with E-state index in [0.29, 0.717) is 0 Å². The van der Waals surface area contributed by atoms with Crippen LogP contribution in [-0.2, 0) is 11.2 Å². The van der Waals surface area contributed by atoms with E-state index in [0.717, 1.165) is 13.3 Å². The van der Waals surface area contributed by atoms with Crippen molar-refractivity contribution in [3.8, 4) is 0 Å². The molecule has 0 unspecified atom stereocenters. The second-order valence-corrected chi connectivity index (χ2v) is 9.07. The minimum absolute atomic E-state index is 0.0490. The summed E-state index contributed by atoms with van der Waals surface area (Å²) in [4.78, 5) is 9.00. The second-order valence-electron chi connectivity index (χ2n) is 9.07. The van der Waals surface area contributed by atoms with Gasteiger partial charge in [-0.1, -0.05) is 97.1 Å². The molecule has 0 fully saturated rings. The number of aliphatic carboxylic acids is 1. The molecule has 0 bridgehead atoms. The highest BCUT2D eigenvalue weighted by Gasteiger charge is 2.32. The van der Waals surface area contributed by atoms with Crippen LogP contribution < -0.4 is 0 Å². The van der Waals surface area contributed by atoms with E-state index in [2.05, 4.69) is 103 Å². The molecule has 5 aromatic rings. The van der Waals surface area contributed by atoms with Crippen LogP contribution in [0.5, 0.6) is 0 Å². The molecule has 0 radical (unpaired) electrons. The molecule has 1 aliphatic carbocycles. The van der Waals surface area contributed by atoms with E-state index < -0.39 is 5.97 Å². The number of fused-ring (bicyclic) bond motifs is 4. The number of aliphatic hydroxyl groups is 1. The summed E-state index contributed by atoms with van der Waals surface area (Å²) in [6.07, 6.45) is 0.939. The normalized spacial score (nSPS) is 16.2. The molecule has 0 amide bonds. The number of benzene rings is 5.